The summed E-state index contributed by atoms with van der Waals surface area (Å²) in [5.74, 6) is 0.523. The second-order valence-electron chi connectivity index (χ2n) is 4.92. The van der Waals surface area contributed by atoms with Crippen molar-refractivity contribution < 1.29 is 17.9 Å². The molecule has 0 unspecified atom stereocenters. The molecule has 1 aromatic rings. The van der Waals surface area contributed by atoms with Crippen molar-refractivity contribution in [3.8, 4) is 5.75 Å². The minimum atomic E-state index is -3.47. The molecule has 7 heteroatoms. The number of hydrogen-bond acceptors (Lipinski definition) is 5. The minimum Gasteiger partial charge on any atom is -0.488 e. The summed E-state index contributed by atoms with van der Waals surface area (Å²) in [4.78, 5) is 0.166. The number of benzene rings is 1. The van der Waals surface area contributed by atoms with Crippen LogP contribution in [0.3, 0.4) is 0 Å². The lowest BCUT2D eigenvalue weighted by molar-refractivity contribution is 0.0258. The van der Waals surface area contributed by atoms with Gasteiger partial charge < -0.3 is 15.2 Å². The number of hydrogen-bond donors (Lipinski definition) is 1. The van der Waals surface area contributed by atoms with Gasteiger partial charge in [-0.1, -0.05) is 0 Å². The molecule has 1 heterocycles. The normalized spacial score (nSPS) is 17.4. The van der Waals surface area contributed by atoms with Crippen LogP contribution in [0.2, 0.25) is 0 Å². The molecule has 1 fully saturated rings. The molecule has 2 N–H and O–H groups in total. The van der Waals surface area contributed by atoms with Crippen molar-refractivity contribution >= 4 is 15.7 Å². The molecule has 0 spiro atoms. The highest BCUT2D eigenvalue weighted by molar-refractivity contribution is 7.89. The number of anilines is 1. The SMILES string of the molecule is CN(C)S(=O)(=O)c1ccc(OC2CCOCC2)c(N)c1. The number of nitrogen functional groups attached to an aromatic ring is 1. The number of nitrogens with two attached hydrogens (primary N) is 1. The molecule has 0 aliphatic carbocycles. The third-order valence-electron chi connectivity index (χ3n) is 3.22. The van der Waals surface area contributed by atoms with Gasteiger partial charge in [0.15, 0.2) is 0 Å². The van der Waals surface area contributed by atoms with Crippen molar-refractivity contribution in [2.24, 2.45) is 0 Å². The average molecular weight is 300 g/mol. The standard InChI is InChI=1S/C13H20N2O4S/c1-15(2)20(16,17)11-3-4-13(12(14)9-11)19-10-5-7-18-8-6-10/h3-4,9-10H,5-8,14H2,1-2H3. The summed E-state index contributed by atoms with van der Waals surface area (Å²) in [7, 11) is -0.503. The molecule has 0 atom stereocenters. The van der Waals surface area contributed by atoms with Gasteiger partial charge in [-0.3, -0.25) is 0 Å². The van der Waals surface area contributed by atoms with Gasteiger partial charge in [0.2, 0.25) is 10.0 Å². The van der Waals surface area contributed by atoms with Gasteiger partial charge in [-0.05, 0) is 18.2 Å². The summed E-state index contributed by atoms with van der Waals surface area (Å²) in [5.41, 5.74) is 6.23. The fourth-order valence-corrected chi connectivity index (χ4v) is 2.92. The Morgan fingerprint density at radius 3 is 2.50 bits per heavy atom. The largest absolute Gasteiger partial charge is 0.488 e. The van der Waals surface area contributed by atoms with Crippen LogP contribution in [0.1, 0.15) is 12.8 Å². The molecule has 6 nitrogen and oxygen atoms in total. The van der Waals surface area contributed by atoms with Gasteiger partial charge in [0.25, 0.3) is 0 Å². The van der Waals surface area contributed by atoms with Crippen molar-refractivity contribution in [3.05, 3.63) is 18.2 Å². The van der Waals surface area contributed by atoms with Gasteiger partial charge in [0.05, 0.1) is 23.8 Å². The highest BCUT2D eigenvalue weighted by atomic mass is 32.2. The van der Waals surface area contributed by atoms with Crippen LogP contribution in [0.25, 0.3) is 0 Å². The summed E-state index contributed by atoms with van der Waals surface area (Å²) < 4.78 is 36.2. The van der Waals surface area contributed by atoms with E-state index in [9.17, 15) is 8.42 Å². The van der Waals surface area contributed by atoms with Crippen molar-refractivity contribution in [2.45, 2.75) is 23.8 Å². The van der Waals surface area contributed by atoms with Crippen LogP contribution >= 0.6 is 0 Å². The monoisotopic (exact) mass is 300 g/mol. The summed E-state index contributed by atoms with van der Waals surface area (Å²) >= 11 is 0. The lowest BCUT2D eigenvalue weighted by atomic mass is 10.1. The van der Waals surface area contributed by atoms with Gasteiger partial charge in [0.1, 0.15) is 11.9 Å². The summed E-state index contributed by atoms with van der Waals surface area (Å²) in [6.07, 6.45) is 1.70. The second-order valence-corrected chi connectivity index (χ2v) is 7.07. The number of sulfonamides is 1. The summed E-state index contributed by atoms with van der Waals surface area (Å²) in [6, 6.07) is 4.56. The Bertz CT molecular complexity index is 566. The quantitative estimate of drug-likeness (QED) is 0.841. The second kappa shape index (κ2) is 5.99. The topological polar surface area (TPSA) is 81.9 Å². The fourth-order valence-electron chi connectivity index (χ4n) is 1.98. The van der Waals surface area contributed by atoms with E-state index in [-0.39, 0.29) is 11.0 Å². The predicted octanol–water partition coefficient (Wildman–Crippen LogP) is 1.08. The third-order valence-corrected chi connectivity index (χ3v) is 5.03. The van der Waals surface area contributed by atoms with E-state index in [0.717, 1.165) is 17.1 Å². The van der Waals surface area contributed by atoms with Crippen molar-refractivity contribution in [1.29, 1.82) is 0 Å². The van der Waals surface area contributed by atoms with Crippen molar-refractivity contribution in [2.75, 3.05) is 33.0 Å². The van der Waals surface area contributed by atoms with E-state index in [2.05, 4.69) is 0 Å². The highest BCUT2D eigenvalue weighted by Crippen LogP contribution is 2.28. The van der Waals surface area contributed by atoms with E-state index < -0.39 is 10.0 Å². The Morgan fingerprint density at radius 1 is 1.30 bits per heavy atom. The zero-order valence-corrected chi connectivity index (χ0v) is 12.5. The lowest BCUT2D eigenvalue weighted by Crippen LogP contribution is -2.26. The Hall–Kier alpha value is -1.31. The van der Waals surface area contributed by atoms with E-state index in [1.807, 2.05) is 0 Å². The van der Waals surface area contributed by atoms with Gasteiger partial charge in [0, 0.05) is 26.9 Å². The number of nitrogens with zero attached hydrogens (tertiary/aromatic N) is 1. The first-order valence-electron chi connectivity index (χ1n) is 6.47. The molecule has 112 valence electrons. The van der Waals surface area contributed by atoms with E-state index in [4.69, 9.17) is 15.2 Å². The molecule has 0 saturated carbocycles. The molecule has 1 aliphatic rings. The van der Waals surface area contributed by atoms with E-state index >= 15 is 0 Å². The minimum absolute atomic E-state index is 0.0716. The molecule has 0 bridgehead atoms. The van der Waals surface area contributed by atoms with Crippen LogP contribution in [0.4, 0.5) is 5.69 Å². The zero-order valence-electron chi connectivity index (χ0n) is 11.7. The molecule has 2 rings (SSSR count). The van der Waals surface area contributed by atoms with E-state index in [1.165, 1.54) is 26.2 Å². The Morgan fingerprint density at radius 2 is 1.95 bits per heavy atom. The average Bonchev–Trinajstić information content (AvgIpc) is 2.42. The predicted molar refractivity (Wildman–Crippen MR) is 76.2 cm³/mol. The molecular weight excluding hydrogens is 280 g/mol. The molecule has 1 saturated heterocycles. The zero-order chi connectivity index (χ0) is 14.8. The lowest BCUT2D eigenvalue weighted by Gasteiger charge is -2.24. The van der Waals surface area contributed by atoms with Crippen LogP contribution in [0.5, 0.6) is 5.75 Å². The summed E-state index contributed by atoms with van der Waals surface area (Å²) in [5, 5.41) is 0. The Labute approximate surface area is 119 Å². The molecule has 0 aromatic heterocycles. The third kappa shape index (κ3) is 3.23. The first kappa shape index (κ1) is 15.1. The molecule has 1 aromatic carbocycles. The van der Waals surface area contributed by atoms with Crippen molar-refractivity contribution in [1.82, 2.24) is 4.31 Å². The van der Waals surface area contributed by atoms with Crippen molar-refractivity contribution in [3.63, 3.8) is 0 Å². The highest BCUT2D eigenvalue weighted by Gasteiger charge is 2.20. The Kier molecular flexibility index (Phi) is 4.52. The van der Waals surface area contributed by atoms with Crippen LogP contribution in [0.15, 0.2) is 23.1 Å². The number of rotatable bonds is 4. The van der Waals surface area contributed by atoms with Crippen LogP contribution in [-0.2, 0) is 14.8 Å². The van der Waals surface area contributed by atoms with Gasteiger partial charge >= 0.3 is 0 Å². The first-order chi connectivity index (χ1) is 9.41. The molecule has 0 amide bonds. The van der Waals surface area contributed by atoms with Gasteiger partial charge in [-0.25, -0.2) is 12.7 Å². The first-order valence-corrected chi connectivity index (χ1v) is 7.91. The maximum absolute atomic E-state index is 12.0. The fraction of sp³-hybridized carbons (Fsp3) is 0.538. The maximum Gasteiger partial charge on any atom is 0.242 e. The number of ether oxygens (including phenoxy) is 2. The van der Waals surface area contributed by atoms with Gasteiger partial charge in [-0.15, -0.1) is 0 Å². The molecule has 20 heavy (non-hydrogen) atoms. The maximum atomic E-state index is 12.0. The van der Waals surface area contributed by atoms with E-state index in [1.54, 1.807) is 6.07 Å². The Balaban J connectivity index is 2.17. The molecule has 0 radical (unpaired) electrons. The molecular formula is C13H20N2O4S. The van der Waals surface area contributed by atoms with Crippen LogP contribution in [0, 0.1) is 0 Å². The smallest absolute Gasteiger partial charge is 0.242 e. The van der Waals surface area contributed by atoms with Gasteiger partial charge in [-0.2, -0.15) is 0 Å². The van der Waals surface area contributed by atoms with E-state index in [0.29, 0.717) is 24.7 Å². The molecule has 1 aliphatic heterocycles. The van der Waals surface area contributed by atoms with Crippen LogP contribution < -0.4 is 10.5 Å². The summed E-state index contributed by atoms with van der Waals surface area (Å²) in [6.45, 7) is 1.36. The van der Waals surface area contributed by atoms with Crippen LogP contribution in [-0.4, -0.2) is 46.1 Å².